The van der Waals surface area contributed by atoms with Crippen LogP contribution < -0.4 is 19.7 Å². The Hall–Kier alpha value is -1.13. The average molecular weight is 269 g/mol. The van der Waals surface area contributed by atoms with Gasteiger partial charge in [0, 0.05) is 19.6 Å². The Morgan fingerprint density at radius 1 is 1.44 bits per heavy atom. The highest BCUT2D eigenvalue weighted by Crippen LogP contribution is 2.40. The zero-order chi connectivity index (χ0) is 12.5. The van der Waals surface area contributed by atoms with Crippen LogP contribution in [0.4, 0.5) is 5.69 Å². The smallest absolute Gasteiger partial charge is 0.185 e. The summed E-state index contributed by atoms with van der Waals surface area (Å²) in [5.74, 6) is 1.68. The highest BCUT2D eigenvalue weighted by atomic mass is 35.5. The van der Waals surface area contributed by atoms with Crippen LogP contribution in [0.2, 0.25) is 0 Å². The summed E-state index contributed by atoms with van der Waals surface area (Å²) in [6.07, 6.45) is 0.0911. The summed E-state index contributed by atoms with van der Waals surface area (Å²) in [7, 11) is 0. The second-order valence-corrected chi connectivity index (χ2v) is 5.24. The van der Waals surface area contributed by atoms with Gasteiger partial charge in [-0.2, -0.15) is 0 Å². The van der Waals surface area contributed by atoms with Gasteiger partial charge in [0.15, 0.2) is 11.5 Å². The van der Waals surface area contributed by atoms with Gasteiger partial charge in [-0.3, -0.25) is 5.32 Å². The summed E-state index contributed by atoms with van der Waals surface area (Å²) in [5.41, 5.74) is 1.06. The number of anilines is 1. The maximum atomic E-state index is 6.15. The first-order chi connectivity index (χ1) is 8.74. The number of nitrogens with zero attached hydrogens (tertiary/aromatic N) is 1. The topological polar surface area (TPSA) is 33.7 Å². The number of hydrogen-bond acceptors (Lipinski definition) is 4. The lowest BCUT2D eigenvalue weighted by Gasteiger charge is -2.35. The molecule has 1 saturated heterocycles. The Labute approximate surface area is 112 Å². The maximum absolute atomic E-state index is 6.15. The molecule has 3 rings (SSSR count). The molecule has 0 aliphatic carbocycles. The van der Waals surface area contributed by atoms with Crippen molar-refractivity contribution < 1.29 is 9.47 Å². The molecule has 0 spiro atoms. The van der Waals surface area contributed by atoms with Crippen LogP contribution in [0, 0.1) is 0 Å². The van der Waals surface area contributed by atoms with Gasteiger partial charge in [-0.25, -0.2) is 0 Å². The quantitative estimate of drug-likeness (QED) is 0.622. The van der Waals surface area contributed by atoms with Crippen LogP contribution >= 0.6 is 11.6 Å². The summed E-state index contributed by atoms with van der Waals surface area (Å²) >= 11 is 6.15. The first kappa shape index (κ1) is 11.9. The van der Waals surface area contributed by atoms with E-state index in [9.17, 15) is 0 Å². The molecule has 0 amide bonds. The number of para-hydroxylation sites is 1. The van der Waals surface area contributed by atoms with E-state index >= 15 is 0 Å². The Kier molecular flexibility index (Phi) is 3.22. The summed E-state index contributed by atoms with van der Waals surface area (Å²) < 4.78 is 11.6. The van der Waals surface area contributed by atoms with E-state index in [0.29, 0.717) is 6.61 Å². The van der Waals surface area contributed by atoms with Gasteiger partial charge in [-0.15, -0.1) is 11.6 Å². The van der Waals surface area contributed by atoms with Gasteiger partial charge >= 0.3 is 0 Å². The molecular weight excluding hydrogens is 252 g/mol. The van der Waals surface area contributed by atoms with E-state index in [0.717, 1.165) is 36.8 Å². The molecule has 1 aromatic rings. The minimum Gasteiger partial charge on any atom is -0.486 e. The van der Waals surface area contributed by atoms with E-state index in [1.165, 1.54) is 0 Å². The van der Waals surface area contributed by atoms with Gasteiger partial charge in [0.2, 0.25) is 0 Å². The summed E-state index contributed by atoms with van der Waals surface area (Å²) in [4.78, 5) is 2.24. The van der Waals surface area contributed by atoms with E-state index in [1.807, 2.05) is 19.1 Å². The van der Waals surface area contributed by atoms with Gasteiger partial charge in [0.25, 0.3) is 0 Å². The lowest BCUT2D eigenvalue weighted by molar-refractivity contribution is 0.104. The van der Waals surface area contributed by atoms with E-state index in [4.69, 9.17) is 21.1 Å². The van der Waals surface area contributed by atoms with Gasteiger partial charge in [-0.05, 0) is 19.1 Å². The number of alkyl halides is 1. The molecule has 1 N–H and O–H groups in total. The van der Waals surface area contributed by atoms with Crippen LogP contribution in [0.5, 0.6) is 11.5 Å². The van der Waals surface area contributed by atoms with Crippen molar-refractivity contribution in [2.24, 2.45) is 0 Å². The Morgan fingerprint density at radius 2 is 2.33 bits per heavy atom. The fourth-order valence-electron chi connectivity index (χ4n) is 2.35. The molecule has 2 aliphatic heterocycles. The second kappa shape index (κ2) is 4.86. The minimum absolute atomic E-state index is 0.0171. The molecule has 4 nitrogen and oxygen atoms in total. The average Bonchev–Trinajstić information content (AvgIpc) is 2.38. The van der Waals surface area contributed by atoms with Crippen molar-refractivity contribution in [1.29, 1.82) is 0 Å². The molecular formula is C13H17ClN2O2. The molecule has 5 heteroatoms. The summed E-state index contributed by atoms with van der Waals surface area (Å²) in [6.45, 7) is 5.21. The summed E-state index contributed by atoms with van der Waals surface area (Å²) in [5, 5.41) is 3.22. The van der Waals surface area contributed by atoms with Gasteiger partial charge in [-0.1, -0.05) is 6.07 Å². The molecule has 0 saturated carbocycles. The van der Waals surface area contributed by atoms with E-state index < -0.39 is 0 Å². The third-order valence-corrected chi connectivity index (χ3v) is 3.51. The highest BCUT2D eigenvalue weighted by Gasteiger charge is 2.25. The molecule has 18 heavy (non-hydrogen) atoms. The Balaban J connectivity index is 1.92. The first-order valence-electron chi connectivity index (χ1n) is 6.29. The number of halogens is 1. The SMILES string of the molecule is CC1COc2cccc(N3CCNC(Cl)C3)c2O1. The van der Waals surface area contributed by atoms with Gasteiger partial charge < -0.3 is 14.4 Å². The zero-order valence-corrected chi connectivity index (χ0v) is 11.1. The number of piperazine rings is 1. The first-order valence-corrected chi connectivity index (χ1v) is 6.72. The molecule has 2 atom stereocenters. The predicted octanol–water partition coefficient (Wildman–Crippen LogP) is 1.82. The lowest BCUT2D eigenvalue weighted by Crippen LogP contribution is -2.48. The second-order valence-electron chi connectivity index (χ2n) is 4.71. The molecule has 0 aromatic heterocycles. The molecule has 0 bridgehead atoms. The molecule has 1 aromatic carbocycles. The van der Waals surface area contributed by atoms with Crippen molar-refractivity contribution in [2.45, 2.75) is 18.5 Å². The van der Waals surface area contributed by atoms with Crippen molar-refractivity contribution in [3.8, 4) is 11.5 Å². The molecule has 98 valence electrons. The van der Waals surface area contributed by atoms with E-state index in [1.54, 1.807) is 0 Å². The number of nitrogens with one attached hydrogen (secondary N) is 1. The summed E-state index contributed by atoms with van der Waals surface area (Å²) in [6, 6.07) is 6.01. The maximum Gasteiger partial charge on any atom is 0.185 e. The Morgan fingerprint density at radius 3 is 3.17 bits per heavy atom. The Bertz CT molecular complexity index is 441. The molecule has 2 unspecified atom stereocenters. The number of fused-ring (bicyclic) bond motifs is 1. The van der Waals surface area contributed by atoms with Crippen molar-refractivity contribution >= 4 is 17.3 Å². The highest BCUT2D eigenvalue weighted by molar-refractivity contribution is 6.20. The molecule has 2 aliphatic rings. The fraction of sp³-hybridized carbons (Fsp3) is 0.538. The molecule has 1 fully saturated rings. The van der Waals surface area contributed by atoms with Crippen molar-refractivity contribution in [3.05, 3.63) is 18.2 Å². The third-order valence-electron chi connectivity index (χ3n) is 3.22. The predicted molar refractivity (Wildman–Crippen MR) is 71.9 cm³/mol. The van der Waals surface area contributed by atoms with Gasteiger partial charge in [0.1, 0.15) is 18.2 Å². The van der Waals surface area contributed by atoms with E-state index in [-0.39, 0.29) is 11.6 Å². The molecule has 2 heterocycles. The normalized spacial score (nSPS) is 27.1. The minimum atomic E-state index is -0.0171. The fourth-order valence-corrected chi connectivity index (χ4v) is 2.63. The number of rotatable bonds is 1. The van der Waals surface area contributed by atoms with Crippen molar-refractivity contribution in [3.63, 3.8) is 0 Å². The van der Waals surface area contributed by atoms with Gasteiger partial charge in [0.05, 0.1) is 5.69 Å². The van der Waals surface area contributed by atoms with Crippen LogP contribution in [-0.2, 0) is 0 Å². The number of hydrogen-bond donors (Lipinski definition) is 1. The third kappa shape index (κ3) is 2.22. The van der Waals surface area contributed by atoms with Crippen LogP contribution in [0.3, 0.4) is 0 Å². The largest absolute Gasteiger partial charge is 0.486 e. The van der Waals surface area contributed by atoms with Crippen LogP contribution in [0.25, 0.3) is 0 Å². The van der Waals surface area contributed by atoms with Crippen LogP contribution in [0.1, 0.15) is 6.92 Å². The van der Waals surface area contributed by atoms with Crippen molar-refractivity contribution in [1.82, 2.24) is 5.32 Å². The standard InChI is InChI=1S/C13H17ClN2O2/c1-9-8-17-11-4-2-3-10(13(11)18-9)16-6-5-15-12(14)7-16/h2-4,9,12,15H,5-8H2,1H3. The number of ether oxygens (including phenoxy) is 2. The zero-order valence-electron chi connectivity index (χ0n) is 10.4. The van der Waals surface area contributed by atoms with E-state index in [2.05, 4.69) is 16.3 Å². The molecule has 0 radical (unpaired) electrons. The lowest BCUT2D eigenvalue weighted by atomic mass is 10.2. The number of benzene rings is 1. The monoisotopic (exact) mass is 268 g/mol. The van der Waals surface area contributed by atoms with Crippen molar-refractivity contribution in [2.75, 3.05) is 31.1 Å². The van der Waals surface area contributed by atoms with Crippen LogP contribution in [0.15, 0.2) is 18.2 Å². The van der Waals surface area contributed by atoms with Crippen LogP contribution in [-0.4, -0.2) is 37.8 Å².